The highest BCUT2D eigenvalue weighted by molar-refractivity contribution is 5.78. The Balaban J connectivity index is 1.60. The Kier molecular flexibility index (Phi) is 4.44. The number of piperidine rings is 1. The third kappa shape index (κ3) is 3.38. The van der Waals surface area contributed by atoms with E-state index in [1.807, 2.05) is 24.3 Å². The molecule has 2 aliphatic heterocycles. The van der Waals surface area contributed by atoms with Crippen molar-refractivity contribution in [1.29, 1.82) is 0 Å². The van der Waals surface area contributed by atoms with E-state index in [1.165, 1.54) is 19.3 Å². The number of likely N-dealkylation sites (tertiary alicyclic amines) is 1. The molecule has 1 amide bonds. The number of rotatable bonds is 3. The molecule has 3 rings (SSSR count). The van der Waals surface area contributed by atoms with Crippen molar-refractivity contribution < 1.29 is 9.53 Å². The van der Waals surface area contributed by atoms with Gasteiger partial charge >= 0.3 is 0 Å². The van der Waals surface area contributed by atoms with Crippen LogP contribution in [0.1, 0.15) is 44.2 Å². The van der Waals surface area contributed by atoms with Gasteiger partial charge in [-0.05, 0) is 32.4 Å². The van der Waals surface area contributed by atoms with Gasteiger partial charge in [0, 0.05) is 18.0 Å². The molecule has 1 saturated heterocycles. The largest absolute Gasteiger partial charge is 0.493 e. The molecule has 2 aliphatic rings. The van der Waals surface area contributed by atoms with Crippen molar-refractivity contribution in [2.75, 3.05) is 19.7 Å². The summed E-state index contributed by atoms with van der Waals surface area (Å²) in [5.41, 5.74) is 1.10. The third-order valence-corrected chi connectivity index (χ3v) is 4.58. The van der Waals surface area contributed by atoms with E-state index in [0.717, 1.165) is 24.3 Å². The molecule has 1 fully saturated rings. The Morgan fingerprint density at radius 3 is 3.05 bits per heavy atom. The van der Waals surface area contributed by atoms with E-state index < -0.39 is 0 Å². The van der Waals surface area contributed by atoms with Crippen LogP contribution in [0, 0.1) is 0 Å². The van der Waals surface area contributed by atoms with Gasteiger partial charge in [0.25, 0.3) is 0 Å². The minimum Gasteiger partial charge on any atom is -0.493 e. The Labute approximate surface area is 126 Å². The predicted octanol–water partition coefficient (Wildman–Crippen LogP) is 2.50. The SMILES string of the molecule is CC1CCCCN1CC(=O)NC1CCOc2ccccc21. The van der Waals surface area contributed by atoms with Crippen molar-refractivity contribution >= 4 is 5.91 Å². The molecule has 2 atom stereocenters. The van der Waals surface area contributed by atoms with Crippen LogP contribution < -0.4 is 10.1 Å². The van der Waals surface area contributed by atoms with E-state index in [1.54, 1.807) is 0 Å². The lowest BCUT2D eigenvalue weighted by atomic mass is 10.0. The molecular formula is C17H24N2O2. The van der Waals surface area contributed by atoms with E-state index in [2.05, 4.69) is 17.1 Å². The molecule has 2 unspecified atom stereocenters. The fourth-order valence-corrected chi connectivity index (χ4v) is 3.31. The molecule has 0 saturated carbocycles. The van der Waals surface area contributed by atoms with Gasteiger partial charge in [-0.3, -0.25) is 9.69 Å². The average molecular weight is 288 g/mol. The van der Waals surface area contributed by atoms with E-state index in [4.69, 9.17) is 4.74 Å². The van der Waals surface area contributed by atoms with E-state index in [9.17, 15) is 4.79 Å². The maximum Gasteiger partial charge on any atom is 0.234 e. The van der Waals surface area contributed by atoms with Crippen molar-refractivity contribution in [3.63, 3.8) is 0 Å². The first-order chi connectivity index (χ1) is 10.2. The number of para-hydroxylation sites is 1. The molecule has 0 aliphatic carbocycles. The maximum absolute atomic E-state index is 12.3. The molecule has 4 nitrogen and oxygen atoms in total. The number of hydrogen-bond donors (Lipinski definition) is 1. The average Bonchev–Trinajstić information content (AvgIpc) is 2.50. The van der Waals surface area contributed by atoms with Gasteiger partial charge in [0.15, 0.2) is 0 Å². The van der Waals surface area contributed by atoms with Gasteiger partial charge in [0.1, 0.15) is 5.75 Å². The number of nitrogens with one attached hydrogen (secondary N) is 1. The smallest absolute Gasteiger partial charge is 0.234 e. The first-order valence-corrected chi connectivity index (χ1v) is 7.99. The number of carbonyl (C=O) groups excluding carboxylic acids is 1. The minimum absolute atomic E-state index is 0.0857. The molecule has 0 radical (unpaired) electrons. The number of fused-ring (bicyclic) bond motifs is 1. The molecule has 21 heavy (non-hydrogen) atoms. The predicted molar refractivity (Wildman–Crippen MR) is 82.3 cm³/mol. The Bertz CT molecular complexity index is 503. The van der Waals surface area contributed by atoms with Crippen LogP contribution in [-0.4, -0.2) is 36.5 Å². The zero-order valence-corrected chi connectivity index (χ0v) is 12.7. The molecule has 1 aromatic carbocycles. The van der Waals surface area contributed by atoms with Crippen molar-refractivity contribution in [3.05, 3.63) is 29.8 Å². The van der Waals surface area contributed by atoms with Crippen LogP contribution >= 0.6 is 0 Å². The summed E-state index contributed by atoms with van der Waals surface area (Å²) in [5.74, 6) is 1.03. The highest BCUT2D eigenvalue weighted by Crippen LogP contribution is 2.31. The van der Waals surface area contributed by atoms with Crippen LogP contribution in [0.4, 0.5) is 0 Å². The Hall–Kier alpha value is -1.55. The molecule has 1 aromatic rings. The zero-order valence-electron chi connectivity index (χ0n) is 12.7. The summed E-state index contributed by atoms with van der Waals surface area (Å²) < 4.78 is 5.64. The topological polar surface area (TPSA) is 41.6 Å². The lowest BCUT2D eigenvalue weighted by molar-refractivity contribution is -0.124. The minimum atomic E-state index is 0.0857. The monoisotopic (exact) mass is 288 g/mol. The third-order valence-electron chi connectivity index (χ3n) is 4.58. The van der Waals surface area contributed by atoms with Gasteiger partial charge in [-0.25, -0.2) is 0 Å². The van der Waals surface area contributed by atoms with Gasteiger partial charge in [0.05, 0.1) is 19.2 Å². The van der Waals surface area contributed by atoms with Gasteiger partial charge in [0.2, 0.25) is 5.91 Å². The number of hydrogen-bond acceptors (Lipinski definition) is 3. The second-order valence-electron chi connectivity index (χ2n) is 6.11. The number of nitrogens with zero attached hydrogens (tertiary/aromatic N) is 1. The maximum atomic E-state index is 12.3. The van der Waals surface area contributed by atoms with Gasteiger partial charge in [-0.1, -0.05) is 24.6 Å². The van der Waals surface area contributed by atoms with Gasteiger partial charge < -0.3 is 10.1 Å². The number of ether oxygens (including phenoxy) is 1. The van der Waals surface area contributed by atoms with Crippen LogP contribution in [0.25, 0.3) is 0 Å². The lowest BCUT2D eigenvalue weighted by Crippen LogP contribution is -2.45. The molecule has 1 N–H and O–H groups in total. The second-order valence-corrected chi connectivity index (χ2v) is 6.11. The van der Waals surface area contributed by atoms with Crippen LogP contribution in [0.15, 0.2) is 24.3 Å². The van der Waals surface area contributed by atoms with Crippen LogP contribution in [0.2, 0.25) is 0 Å². The second kappa shape index (κ2) is 6.48. The van der Waals surface area contributed by atoms with E-state index >= 15 is 0 Å². The highest BCUT2D eigenvalue weighted by atomic mass is 16.5. The van der Waals surface area contributed by atoms with Crippen LogP contribution in [0.5, 0.6) is 5.75 Å². The summed E-state index contributed by atoms with van der Waals surface area (Å²) in [6.07, 6.45) is 4.54. The van der Waals surface area contributed by atoms with E-state index in [-0.39, 0.29) is 11.9 Å². The normalized spacial score (nSPS) is 25.8. The molecular weight excluding hydrogens is 264 g/mol. The molecule has 0 spiro atoms. The van der Waals surface area contributed by atoms with Crippen LogP contribution in [-0.2, 0) is 4.79 Å². The van der Waals surface area contributed by atoms with Crippen LogP contribution in [0.3, 0.4) is 0 Å². The Morgan fingerprint density at radius 2 is 2.19 bits per heavy atom. The first-order valence-electron chi connectivity index (χ1n) is 7.99. The summed E-state index contributed by atoms with van der Waals surface area (Å²) in [4.78, 5) is 14.6. The molecule has 114 valence electrons. The zero-order chi connectivity index (χ0) is 14.7. The number of carbonyl (C=O) groups is 1. The van der Waals surface area contributed by atoms with E-state index in [0.29, 0.717) is 19.2 Å². The molecule has 0 aromatic heterocycles. The molecule has 0 bridgehead atoms. The quantitative estimate of drug-likeness (QED) is 0.929. The number of amides is 1. The van der Waals surface area contributed by atoms with Crippen molar-refractivity contribution in [1.82, 2.24) is 10.2 Å². The number of benzene rings is 1. The fourth-order valence-electron chi connectivity index (χ4n) is 3.31. The summed E-state index contributed by atoms with van der Waals surface area (Å²) in [6.45, 7) is 4.44. The standard InChI is InChI=1S/C17H24N2O2/c1-13-6-4-5-10-19(13)12-17(20)18-15-9-11-21-16-8-3-2-7-14(15)16/h2-3,7-8,13,15H,4-6,9-12H2,1H3,(H,18,20). The fraction of sp³-hybridized carbons (Fsp3) is 0.588. The van der Waals surface area contributed by atoms with Crippen molar-refractivity contribution in [3.8, 4) is 5.75 Å². The van der Waals surface area contributed by atoms with Gasteiger partial charge in [-0.15, -0.1) is 0 Å². The highest BCUT2D eigenvalue weighted by Gasteiger charge is 2.25. The molecule has 2 heterocycles. The lowest BCUT2D eigenvalue weighted by Gasteiger charge is -2.33. The van der Waals surface area contributed by atoms with Crippen molar-refractivity contribution in [2.24, 2.45) is 0 Å². The summed E-state index contributed by atoms with van der Waals surface area (Å²) >= 11 is 0. The first kappa shape index (κ1) is 14.4. The summed E-state index contributed by atoms with van der Waals surface area (Å²) in [6, 6.07) is 8.59. The summed E-state index contributed by atoms with van der Waals surface area (Å²) in [7, 11) is 0. The van der Waals surface area contributed by atoms with Crippen molar-refractivity contribution in [2.45, 2.75) is 44.7 Å². The van der Waals surface area contributed by atoms with Gasteiger partial charge in [-0.2, -0.15) is 0 Å². The summed E-state index contributed by atoms with van der Waals surface area (Å²) in [5, 5.41) is 3.18. The Morgan fingerprint density at radius 1 is 1.33 bits per heavy atom. The molecule has 4 heteroatoms.